The fourth-order valence-electron chi connectivity index (χ4n) is 5.09. The summed E-state index contributed by atoms with van der Waals surface area (Å²) in [6.07, 6.45) is 2.10. The molecule has 0 bridgehead atoms. The molecule has 208 valence electrons. The van der Waals surface area contributed by atoms with Crippen LogP contribution in [0.15, 0.2) is 96.6 Å². The van der Waals surface area contributed by atoms with E-state index >= 15 is 0 Å². The molecule has 4 rings (SSSR count). The van der Waals surface area contributed by atoms with Gasteiger partial charge in [0.2, 0.25) is 5.91 Å². The molecule has 1 atom stereocenters. The maximum absolute atomic E-state index is 12.3. The minimum atomic E-state index is -0.939. The van der Waals surface area contributed by atoms with Gasteiger partial charge in [0.1, 0.15) is 5.75 Å². The van der Waals surface area contributed by atoms with Crippen LogP contribution in [0.1, 0.15) is 36.5 Å². The van der Waals surface area contributed by atoms with Crippen LogP contribution in [0.25, 0.3) is 0 Å². The van der Waals surface area contributed by atoms with E-state index in [0.29, 0.717) is 25.1 Å². The van der Waals surface area contributed by atoms with Crippen molar-refractivity contribution in [3.63, 3.8) is 0 Å². The molecule has 8 nitrogen and oxygen atoms in total. The number of hydrogen-bond acceptors (Lipinski definition) is 5. The molecule has 1 fully saturated rings. The smallest absolute Gasteiger partial charge is 0.324 e. The molecule has 1 heterocycles. The van der Waals surface area contributed by atoms with Gasteiger partial charge in [-0.1, -0.05) is 91.4 Å². The first kappa shape index (κ1) is 28.6. The number of nitrogens with one attached hydrogen (secondary N) is 2. The van der Waals surface area contributed by atoms with Crippen LogP contribution >= 0.6 is 0 Å². The molecular weight excluding hydrogens is 506 g/mol. The molecule has 0 aromatic heterocycles. The molecule has 1 unspecified atom stereocenters. The van der Waals surface area contributed by atoms with Gasteiger partial charge in [-0.3, -0.25) is 20.2 Å². The van der Waals surface area contributed by atoms with Gasteiger partial charge in [-0.05, 0) is 35.2 Å². The van der Waals surface area contributed by atoms with E-state index in [4.69, 9.17) is 4.74 Å². The van der Waals surface area contributed by atoms with E-state index in [-0.39, 0.29) is 24.8 Å². The maximum atomic E-state index is 12.3. The standard InChI is InChI=1S/C32H35N3O5/c1-23-22-35(31(39)34-30(23)38)20-18-24(21-29(36)37)17-19-33-32(25-9-5-3-6-10-25,26-11-7-4-8-12-26)27-13-15-28(40-2)16-14-27/h3-16,18,23,33H,17,19-22H2,1-2H3,(H,36,37)(H,34,38,39)/b24-18+. The monoisotopic (exact) mass is 541 g/mol. The Balaban J connectivity index is 1.64. The number of hydrogen-bond donors (Lipinski definition) is 3. The number of methoxy groups -OCH3 is 1. The predicted molar refractivity (Wildman–Crippen MR) is 153 cm³/mol. The SMILES string of the molecule is COc1ccc(C(NCC/C(=C\CN2CC(C)C(=O)NC2=O)CC(=O)O)(c2ccccc2)c2ccccc2)cc1. The average molecular weight is 542 g/mol. The number of nitrogens with zero attached hydrogens (tertiary/aromatic N) is 1. The van der Waals surface area contributed by atoms with E-state index in [1.54, 1.807) is 20.1 Å². The van der Waals surface area contributed by atoms with Crippen molar-refractivity contribution in [1.82, 2.24) is 15.5 Å². The lowest BCUT2D eigenvalue weighted by Gasteiger charge is -2.37. The minimum Gasteiger partial charge on any atom is -0.497 e. The summed E-state index contributed by atoms with van der Waals surface area (Å²) in [4.78, 5) is 37.3. The summed E-state index contributed by atoms with van der Waals surface area (Å²) in [5.41, 5.74) is 3.07. The lowest BCUT2D eigenvalue weighted by atomic mass is 9.77. The molecule has 3 amide bonds. The number of carboxylic acid groups (broad SMARTS) is 1. The van der Waals surface area contributed by atoms with Gasteiger partial charge in [0, 0.05) is 19.6 Å². The summed E-state index contributed by atoms with van der Waals surface area (Å²) in [6.45, 7) is 2.75. The number of carboxylic acids is 1. The largest absolute Gasteiger partial charge is 0.497 e. The fourth-order valence-corrected chi connectivity index (χ4v) is 5.09. The molecule has 3 aromatic carbocycles. The number of ether oxygens (including phenoxy) is 1. The topological polar surface area (TPSA) is 108 Å². The number of carbonyl (C=O) groups excluding carboxylic acids is 2. The van der Waals surface area contributed by atoms with Crippen LogP contribution in [-0.2, 0) is 15.1 Å². The highest BCUT2D eigenvalue weighted by Crippen LogP contribution is 2.37. The third-order valence-corrected chi connectivity index (χ3v) is 7.21. The Morgan fingerprint density at radius 2 is 1.57 bits per heavy atom. The lowest BCUT2D eigenvalue weighted by Crippen LogP contribution is -2.53. The van der Waals surface area contributed by atoms with Crippen LogP contribution in [0.5, 0.6) is 5.75 Å². The highest BCUT2D eigenvalue weighted by atomic mass is 16.5. The number of rotatable bonds is 12. The summed E-state index contributed by atoms with van der Waals surface area (Å²) in [6, 6.07) is 27.8. The van der Waals surface area contributed by atoms with Crippen molar-refractivity contribution in [3.05, 3.63) is 113 Å². The van der Waals surface area contributed by atoms with Gasteiger partial charge < -0.3 is 14.7 Å². The van der Waals surface area contributed by atoms with E-state index in [1.165, 1.54) is 4.90 Å². The second-order valence-electron chi connectivity index (χ2n) is 9.92. The first-order chi connectivity index (χ1) is 19.3. The zero-order valence-electron chi connectivity index (χ0n) is 22.8. The Bertz CT molecular complexity index is 1300. The number of amides is 3. The first-order valence-corrected chi connectivity index (χ1v) is 13.3. The van der Waals surface area contributed by atoms with Crippen LogP contribution in [0.2, 0.25) is 0 Å². The molecule has 0 saturated carbocycles. The van der Waals surface area contributed by atoms with Gasteiger partial charge in [0.15, 0.2) is 0 Å². The van der Waals surface area contributed by atoms with Crippen molar-refractivity contribution >= 4 is 17.9 Å². The van der Waals surface area contributed by atoms with Gasteiger partial charge >= 0.3 is 12.0 Å². The average Bonchev–Trinajstić information content (AvgIpc) is 2.97. The highest BCUT2D eigenvalue weighted by Gasteiger charge is 2.36. The summed E-state index contributed by atoms with van der Waals surface area (Å²) in [5, 5.41) is 15.7. The molecule has 0 spiro atoms. The number of urea groups is 1. The third kappa shape index (κ3) is 6.58. The molecular formula is C32H35N3O5. The Morgan fingerprint density at radius 3 is 2.12 bits per heavy atom. The zero-order chi connectivity index (χ0) is 28.5. The number of imide groups is 1. The Morgan fingerprint density at radius 1 is 1.00 bits per heavy atom. The molecule has 8 heteroatoms. The van der Waals surface area contributed by atoms with E-state index in [2.05, 4.69) is 34.9 Å². The van der Waals surface area contributed by atoms with Gasteiger partial charge in [0.25, 0.3) is 0 Å². The van der Waals surface area contributed by atoms with Gasteiger partial charge in [-0.15, -0.1) is 0 Å². The summed E-state index contributed by atoms with van der Waals surface area (Å²) in [7, 11) is 1.64. The summed E-state index contributed by atoms with van der Waals surface area (Å²) >= 11 is 0. The Labute approximate surface area is 234 Å². The Hall–Kier alpha value is -4.43. The number of benzene rings is 3. The third-order valence-electron chi connectivity index (χ3n) is 7.21. The highest BCUT2D eigenvalue weighted by molar-refractivity contribution is 5.97. The molecule has 1 aliphatic rings. The summed E-state index contributed by atoms with van der Waals surface area (Å²) < 4.78 is 5.41. The molecule has 1 aliphatic heterocycles. The van der Waals surface area contributed by atoms with Crippen LogP contribution in [-0.4, -0.2) is 54.7 Å². The quantitative estimate of drug-likeness (QED) is 0.229. The molecule has 1 saturated heterocycles. The van der Waals surface area contributed by atoms with Crippen molar-refractivity contribution < 1.29 is 24.2 Å². The van der Waals surface area contributed by atoms with Crippen LogP contribution in [0, 0.1) is 5.92 Å². The van der Waals surface area contributed by atoms with Crippen molar-refractivity contribution in [3.8, 4) is 5.75 Å². The second kappa shape index (κ2) is 13.1. The van der Waals surface area contributed by atoms with Crippen molar-refractivity contribution in [2.45, 2.75) is 25.3 Å². The first-order valence-electron chi connectivity index (χ1n) is 13.3. The van der Waals surface area contributed by atoms with Crippen molar-refractivity contribution in [2.24, 2.45) is 5.92 Å². The second-order valence-corrected chi connectivity index (χ2v) is 9.92. The molecule has 3 N–H and O–H groups in total. The molecule has 40 heavy (non-hydrogen) atoms. The van der Waals surface area contributed by atoms with E-state index in [1.807, 2.05) is 60.7 Å². The van der Waals surface area contributed by atoms with Gasteiger partial charge in [-0.25, -0.2) is 4.79 Å². The van der Waals surface area contributed by atoms with Crippen LogP contribution in [0.3, 0.4) is 0 Å². The fraction of sp³-hybridized carbons (Fsp3) is 0.281. The molecule has 3 aromatic rings. The van der Waals surface area contributed by atoms with Crippen molar-refractivity contribution in [2.75, 3.05) is 26.7 Å². The minimum absolute atomic E-state index is 0.141. The van der Waals surface area contributed by atoms with Gasteiger partial charge in [0.05, 0.1) is 25.0 Å². The molecule has 0 aliphatic carbocycles. The van der Waals surface area contributed by atoms with Crippen LogP contribution in [0.4, 0.5) is 4.79 Å². The predicted octanol–water partition coefficient (Wildman–Crippen LogP) is 4.56. The lowest BCUT2D eigenvalue weighted by molar-refractivity contribution is -0.136. The van der Waals surface area contributed by atoms with Crippen LogP contribution < -0.4 is 15.4 Å². The summed E-state index contributed by atoms with van der Waals surface area (Å²) in [5.74, 6) is -0.803. The maximum Gasteiger partial charge on any atom is 0.324 e. The van der Waals surface area contributed by atoms with E-state index < -0.39 is 17.5 Å². The number of aliphatic carboxylic acids is 1. The van der Waals surface area contributed by atoms with E-state index in [9.17, 15) is 19.5 Å². The molecule has 0 radical (unpaired) electrons. The zero-order valence-corrected chi connectivity index (χ0v) is 22.8. The normalized spacial score (nSPS) is 16.0. The number of carbonyl (C=O) groups is 3. The van der Waals surface area contributed by atoms with Crippen molar-refractivity contribution in [1.29, 1.82) is 0 Å². The van der Waals surface area contributed by atoms with E-state index in [0.717, 1.165) is 22.4 Å². The Kier molecular flexibility index (Phi) is 9.35. The van der Waals surface area contributed by atoms with Gasteiger partial charge in [-0.2, -0.15) is 0 Å².